The second-order valence-corrected chi connectivity index (χ2v) is 4.99. The number of amides is 2. The summed E-state index contributed by atoms with van der Waals surface area (Å²) >= 11 is 4.80. The molecule has 20 heavy (non-hydrogen) atoms. The Balaban J connectivity index is 2.02. The van der Waals surface area contributed by atoms with Gasteiger partial charge in [0.25, 0.3) is 0 Å². The molecular weight excluding hydrogens is 276 g/mol. The molecule has 0 atom stereocenters. The van der Waals surface area contributed by atoms with E-state index >= 15 is 0 Å². The molecule has 1 fully saturated rings. The summed E-state index contributed by atoms with van der Waals surface area (Å²) in [5.74, 6) is 0.00160. The quantitative estimate of drug-likeness (QED) is 0.635. The molecule has 2 rings (SSSR count). The lowest BCUT2D eigenvalue weighted by Crippen LogP contribution is -2.62. The minimum absolute atomic E-state index is 0.0630. The van der Waals surface area contributed by atoms with Crippen molar-refractivity contribution in [2.24, 2.45) is 5.41 Å². The van der Waals surface area contributed by atoms with Crippen LogP contribution in [0.3, 0.4) is 0 Å². The summed E-state index contributed by atoms with van der Waals surface area (Å²) in [6.45, 7) is 2.08. The van der Waals surface area contributed by atoms with E-state index < -0.39 is 5.41 Å². The third kappa shape index (κ3) is 2.80. The van der Waals surface area contributed by atoms with Crippen LogP contribution in [0.4, 0.5) is 0 Å². The third-order valence-corrected chi connectivity index (χ3v) is 3.67. The second kappa shape index (κ2) is 6.00. The zero-order valence-corrected chi connectivity index (χ0v) is 12.0. The van der Waals surface area contributed by atoms with Crippen molar-refractivity contribution < 1.29 is 14.3 Å². The third-order valence-electron chi connectivity index (χ3n) is 3.47. The van der Waals surface area contributed by atoms with E-state index in [4.69, 9.17) is 17.0 Å². The molecule has 0 saturated carbocycles. The Morgan fingerprint density at radius 3 is 2.30 bits per heavy atom. The van der Waals surface area contributed by atoms with Gasteiger partial charge in [-0.3, -0.25) is 9.59 Å². The number of hydrogen-bond donors (Lipinski definition) is 2. The van der Waals surface area contributed by atoms with Crippen molar-refractivity contribution >= 4 is 29.1 Å². The summed E-state index contributed by atoms with van der Waals surface area (Å²) in [6.07, 6.45) is 0.699. The molecular formula is C14H16N2O3S. The fraction of sp³-hybridized carbons (Fsp3) is 0.357. The van der Waals surface area contributed by atoms with Crippen LogP contribution in [0.25, 0.3) is 0 Å². The molecule has 0 aromatic heterocycles. The van der Waals surface area contributed by atoms with Gasteiger partial charge < -0.3 is 15.4 Å². The van der Waals surface area contributed by atoms with Gasteiger partial charge in [0.2, 0.25) is 11.8 Å². The Kier molecular flexibility index (Phi) is 4.34. The zero-order valence-electron chi connectivity index (χ0n) is 11.1. The van der Waals surface area contributed by atoms with E-state index in [1.165, 1.54) is 0 Å². The largest absolute Gasteiger partial charge is 0.494 e. The average molecular weight is 292 g/mol. The molecule has 0 unspecified atom stereocenters. The van der Waals surface area contributed by atoms with Crippen molar-refractivity contribution in [3.8, 4) is 5.75 Å². The lowest BCUT2D eigenvalue weighted by Gasteiger charge is -2.34. The predicted octanol–water partition coefficient (Wildman–Crippen LogP) is 1.38. The Hall–Kier alpha value is -1.95. The summed E-state index contributed by atoms with van der Waals surface area (Å²) in [5, 5.41) is 5.07. The summed E-state index contributed by atoms with van der Waals surface area (Å²) in [4.78, 5) is 24.2. The van der Waals surface area contributed by atoms with E-state index in [1.807, 2.05) is 30.3 Å². The highest BCUT2D eigenvalue weighted by atomic mass is 32.1. The molecule has 6 heteroatoms. The first-order chi connectivity index (χ1) is 9.58. The van der Waals surface area contributed by atoms with Crippen molar-refractivity contribution in [1.82, 2.24) is 10.6 Å². The number of ether oxygens (including phenoxy) is 1. The minimum Gasteiger partial charge on any atom is -0.494 e. The van der Waals surface area contributed by atoms with E-state index in [9.17, 15) is 9.59 Å². The normalized spacial score (nSPS) is 17.4. The number of carbonyl (C=O) groups excluding carboxylic acids is 2. The summed E-state index contributed by atoms with van der Waals surface area (Å²) in [5.41, 5.74) is -1.11. The van der Waals surface area contributed by atoms with Crippen LogP contribution in [-0.4, -0.2) is 23.5 Å². The van der Waals surface area contributed by atoms with Gasteiger partial charge in [0, 0.05) is 6.42 Å². The topological polar surface area (TPSA) is 67.4 Å². The molecule has 1 aromatic carbocycles. The smallest absolute Gasteiger partial charge is 0.241 e. The van der Waals surface area contributed by atoms with E-state index in [0.717, 1.165) is 0 Å². The van der Waals surface area contributed by atoms with Gasteiger partial charge in [-0.2, -0.15) is 0 Å². The molecule has 1 heterocycles. The predicted molar refractivity (Wildman–Crippen MR) is 78.2 cm³/mol. The van der Waals surface area contributed by atoms with E-state index in [1.54, 1.807) is 6.92 Å². The van der Waals surface area contributed by atoms with E-state index in [2.05, 4.69) is 10.6 Å². The first kappa shape index (κ1) is 14.5. The van der Waals surface area contributed by atoms with Crippen LogP contribution < -0.4 is 15.4 Å². The molecule has 0 radical (unpaired) electrons. The Labute approximate surface area is 122 Å². The molecule has 1 aromatic rings. The average Bonchev–Trinajstić information content (AvgIpc) is 2.43. The van der Waals surface area contributed by atoms with E-state index in [-0.39, 0.29) is 23.5 Å². The summed E-state index contributed by atoms with van der Waals surface area (Å²) in [6, 6.07) is 9.28. The molecule has 0 aliphatic carbocycles. The van der Waals surface area contributed by atoms with E-state index in [0.29, 0.717) is 18.6 Å². The van der Waals surface area contributed by atoms with Crippen molar-refractivity contribution in [3.05, 3.63) is 30.3 Å². The van der Waals surface area contributed by atoms with Gasteiger partial charge >= 0.3 is 0 Å². The van der Waals surface area contributed by atoms with Crippen molar-refractivity contribution in [2.45, 2.75) is 19.8 Å². The Morgan fingerprint density at radius 1 is 1.15 bits per heavy atom. The molecule has 2 N–H and O–H groups in total. The number of benzene rings is 1. The van der Waals surface area contributed by atoms with Crippen LogP contribution in [0.15, 0.2) is 30.3 Å². The van der Waals surface area contributed by atoms with Crippen LogP contribution in [0, 0.1) is 5.41 Å². The maximum atomic E-state index is 12.1. The monoisotopic (exact) mass is 292 g/mol. The van der Waals surface area contributed by atoms with Crippen LogP contribution in [0.1, 0.15) is 19.8 Å². The van der Waals surface area contributed by atoms with Gasteiger partial charge in [-0.15, -0.1) is 0 Å². The van der Waals surface area contributed by atoms with Gasteiger partial charge in [-0.05, 0) is 30.8 Å². The SMILES string of the molecule is CCC1(CCOc2ccccc2)C(=O)NC(=S)NC1=O. The molecule has 1 aliphatic heterocycles. The van der Waals surface area contributed by atoms with Crippen molar-refractivity contribution in [2.75, 3.05) is 6.61 Å². The fourth-order valence-electron chi connectivity index (χ4n) is 2.16. The van der Waals surface area contributed by atoms with Crippen LogP contribution in [-0.2, 0) is 9.59 Å². The van der Waals surface area contributed by atoms with Crippen molar-refractivity contribution in [1.29, 1.82) is 0 Å². The molecule has 0 spiro atoms. The first-order valence-electron chi connectivity index (χ1n) is 6.43. The highest BCUT2D eigenvalue weighted by molar-refractivity contribution is 7.80. The molecule has 1 aliphatic rings. The molecule has 2 amide bonds. The highest BCUT2D eigenvalue weighted by Gasteiger charge is 2.47. The number of carbonyl (C=O) groups is 2. The standard InChI is InChI=1S/C14H16N2O3S/c1-2-14(11(17)15-13(20)16-12(14)18)8-9-19-10-6-4-3-5-7-10/h3-7H,2,8-9H2,1H3,(H2,15,16,17,18,20). The lowest BCUT2D eigenvalue weighted by molar-refractivity contribution is -0.144. The maximum Gasteiger partial charge on any atom is 0.241 e. The van der Waals surface area contributed by atoms with Crippen LogP contribution in [0.2, 0.25) is 0 Å². The number of rotatable bonds is 5. The Morgan fingerprint density at radius 2 is 1.75 bits per heavy atom. The second-order valence-electron chi connectivity index (χ2n) is 4.58. The van der Waals surface area contributed by atoms with Crippen molar-refractivity contribution in [3.63, 3.8) is 0 Å². The number of hydrogen-bond acceptors (Lipinski definition) is 4. The maximum absolute atomic E-state index is 12.1. The molecule has 1 saturated heterocycles. The number of thiocarbonyl (C=S) groups is 1. The fourth-order valence-corrected chi connectivity index (χ4v) is 2.35. The van der Waals surface area contributed by atoms with Crippen LogP contribution in [0.5, 0.6) is 5.75 Å². The van der Waals surface area contributed by atoms with Gasteiger partial charge in [0.05, 0.1) is 6.61 Å². The minimum atomic E-state index is -1.11. The summed E-state index contributed by atoms with van der Waals surface area (Å²) < 4.78 is 5.57. The summed E-state index contributed by atoms with van der Waals surface area (Å²) in [7, 11) is 0. The molecule has 5 nitrogen and oxygen atoms in total. The van der Waals surface area contributed by atoms with Gasteiger partial charge in [-0.1, -0.05) is 25.1 Å². The number of para-hydroxylation sites is 1. The first-order valence-corrected chi connectivity index (χ1v) is 6.84. The van der Waals surface area contributed by atoms with Gasteiger partial charge in [0.15, 0.2) is 5.11 Å². The van der Waals surface area contributed by atoms with Gasteiger partial charge in [0.1, 0.15) is 11.2 Å². The molecule has 106 valence electrons. The lowest BCUT2D eigenvalue weighted by atomic mass is 9.79. The van der Waals surface area contributed by atoms with Gasteiger partial charge in [-0.25, -0.2) is 0 Å². The Bertz CT molecular complexity index is 510. The molecule has 0 bridgehead atoms. The van der Waals surface area contributed by atoms with Crippen LogP contribution >= 0.6 is 12.2 Å². The highest BCUT2D eigenvalue weighted by Crippen LogP contribution is 2.29. The zero-order chi connectivity index (χ0) is 14.6. The number of nitrogens with one attached hydrogen (secondary N) is 2.